The van der Waals surface area contributed by atoms with Crippen molar-refractivity contribution in [2.45, 2.75) is 46.0 Å². The van der Waals surface area contributed by atoms with Crippen LogP contribution in [0.15, 0.2) is 132 Å². The zero-order valence-corrected chi connectivity index (χ0v) is 38.1. The van der Waals surface area contributed by atoms with E-state index < -0.39 is 41.1 Å². The first-order valence-corrected chi connectivity index (χ1v) is 22.7. The van der Waals surface area contributed by atoms with Gasteiger partial charge in [-0.1, -0.05) is 104 Å². The predicted octanol–water partition coefficient (Wildman–Crippen LogP) is 6.97. The van der Waals surface area contributed by atoms with E-state index in [1.807, 2.05) is 61.5 Å². The van der Waals surface area contributed by atoms with Gasteiger partial charge in [-0.3, -0.25) is 4.79 Å². The maximum absolute atomic E-state index is 12.2. The maximum Gasteiger partial charge on any atom is 0.534 e. The fourth-order valence-electron chi connectivity index (χ4n) is 6.46. The van der Waals surface area contributed by atoms with Gasteiger partial charge in [0.05, 0.1) is 57.4 Å². The van der Waals surface area contributed by atoms with E-state index in [0.29, 0.717) is 63.6 Å². The van der Waals surface area contributed by atoms with Crippen LogP contribution in [0.1, 0.15) is 62.0 Å². The van der Waals surface area contributed by atoms with E-state index >= 15 is 0 Å². The highest BCUT2D eigenvalue weighted by Crippen LogP contribution is 2.31. The molecule has 4 aromatic carbocycles. The fraction of sp³-hybridized carbons (Fsp3) is 0.327. The third-order valence-electron chi connectivity index (χ3n) is 9.84. The highest BCUT2D eigenvalue weighted by Gasteiger charge is 2.49. The number of rotatable bonds is 13. The molecular formula is C49H56BF3O15S. The van der Waals surface area contributed by atoms with Crippen molar-refractivity contribution in [3.8, 4) is 11.5 Å². The number of aromatic hydroxyl groups is 1. The largest absolute Gasteiger partial charge is 0.534 e. The molecule has 0 bridgehead atoms. The summed E-state index contributed by atoms with van der Waals surface area (Å²) in [5, 5.41) is 26.9. The molecule has 372 valence electrons. The molecular weight excluding hydrogens is 928 g/mol. The number of ether oxygens (including phenoxy) is 6. The molecule has 0 aliphatic carbocycles. The first kappa shape index (κ1) is 57.0. The molecule has 7 rings (SSSR count). The number of carbonyl (C=O) groups excluding carboxylic acids is 3. The van der Waals surface area contributed by atoms with Crippen LogP contribution in [-0.4, -0.2) is 114 Å². The van der Waals surface area contributed by atoms with Gasteiger partial charge < -0.3 is 47.8 Å². The van der Waals surface area contributed by atoms with Gasteiger partial charge in [-0.25, -0.2) is 9.59 Å². The normalized spacial score (nSPS) is 14.7. The lowest BCUT2D eigenvalue weighted by molar-refractivity contribution is -0.140. The van der Waals surface area contributed by atoms with Crippen molar-refractivity contribution >= 4 is 52.1 Å². The molecule has 0 radical (unpaired) electrons. The lowest BCUT2D eigenvalue weighted by Crippen LogP contribution is -2.29. The molecule has 3 heterocycles. The van der Waals surface area contributed by atoms with Crippen LogP contribution >= 0.6 is 0 Å². The summed E-state index contributed by atoms with van der Waals surface area (Å²) in [5.74, 6) is -1.50. The molecule has 0 saturated carbocycles. The van der Waals surface area contributed by atoms with Crippen LogP contribution in [0.25, 0.3) is 11.1 Å². The van der Waals surface area contributed by atoms with Crippen LogP contribution in [0, 0.1) is 0 Å². The minimum absolute atomic E-state index is 0. The van der Waals surface area contributed by atoms with Gasteiger partial charge >= 0.3 is 34.7 Å². The molecule has 0 fully saturated rings. The molecule has 0 spiro atoms. The summed E-state index contributed by atoms with van der Waals surface area (Å²) in [6, 6.07) is 33.4. The van der Waals surface area contributed by atoms with Crippen molar-refractivity contribution in [2.75, 3.05) is 59.5 Å². The lowest BCUT2D eigenvalue weighted by Gasteiger charge is -2.22. The Morgan fingerprint density at radius 2 is 1.19 bits per heavy atom. The molecule has 3 N–H and O–H groups in total. The summed E-state index contributed by atoms with van der Waals surface area (Å²) in [5.41, 5.74) is 1.02. The number of hydrogen-bond acceptors (Lipinski definition) is 15. The first-order valence-electron chi connectivity index (χ1n) is 21.3. The zero-order valence-electron chi connectivity index (χ0n) is 37.3. The maximum atomic E-state index is 12.2. The fourth-order valence-corrected chi connectivity index (χ4v) is 6.96. The van der Waals surface area contributed by atoms with Crippen molar-refractivity contribution < 1.29 is 83.7 Å². The van der Waals surface area contributed by atoms with E-state index in [1.165, 1.54) is 13.0 Å². The summed E-state index contributed by atoms with van der Waals surface area (Å²) < 4.78 is 93.4. The van der Waals surface area contributed by atoms with E-state index in [0.717, 1.165) is 39.8 Å². The molecule has 0 saturated heterocycles. The van der Waals surface area contributed by atoms with Gasteiger partial charge in [0.25, 0.3) is 0 Å². The smallest absolute Gasteiger partial charge is 0.507 e. The third-order valence-corrected chi connectivity index (χ3v) is 10.8. The Labute approximate surface area is 400 Å². The van der Waals surface area contributed by atoms with Crippen molar-refractivity contribution in [1.29, 1.82) is 0 Å². The minimum Gasteiger partial charge on any atom is -0.507 e. The van der Waals surface area contributed by atoms with E-state index in [4.69, 9.17) is 33.7 Å². The summed E-state index contributed by atoms with van der Waals surface area (Å²) in [6.07, 6.45) is 1.95. The quantitative estimate of drug-likeness (QED) is 0.0406. The van der Waals surface area contributed by atoms with Crippen molar-refractivity contribution in [2.24, 2.45) is 0 Å². The Morgan fingerprint density at radius 3 is 1.71 bits per heavy atom. The van der Waals surface area contributed by atoms with Crippen LogP contribution in [0.2, 0.25) is 0 Å². The van der Waals surface area contributed by atoms with Gasteiger partial charge in [0.1, 0.15) is 24.7 Å². The van der Waals surface area contributed by atoms with Crippen molar-refractivity contribution in [1.82, 2.24) is 0 Å². The number of hydrogen-bond donors (Lipinski definition) is 3. The Morgan fingerprint density at radius 1 is 0.696 bits per heavy atom. The predicted molar refractivity (Wildman–Crippen MR) is 251 cm³/mol. The number of carbonyl (C=O) groups is 3. The Kier molecular flexibility index (Phi) is 23.9. The number of phenols is 1. The average molecular weight is 985 g/mol. The van der Waals surface area contributed by atoms with E-state index in [9.17, 15) is 41.1 Å². The number of aldehydes is 1. The SMILES string of the molecule is C.CCOC(=O)C1=C(OS(=O)(=O)C(F)(F)F)COCC1.CCOC(=O)C1=C(c2ccccc2)COCC1.O=Cc1c(O)cccc1OCC1=C(c2ccccc2)COCC1.OB(O)c1ccccc1. The minimum atomic E-state index is -5.82. The standard InChI is InChI=1S/C19H18O4.C14H16O3.C9H11F3O6S.C6H7BO2.CH4/c20-11-16-18(21)7-4-8-19(16)23-12-15-9-10-22-13-17(15)14-5-2-1-3-6-14;1-2-17-14(15)12-8-9-16-10-13(12)11-6-4-3-5-7-11;1-2-17-8(13)6-3-4-16-5-7(6)18-19(14,15)9(10,11)12;8-7(9)6-4-2-1-3-5-6;/h1-8,11,21H,9-10,12-13H2;3-7H,2,8-10H2,1H3;2-5H2,1H3;1-5,8-9H;1H4. The zero-order chi connectivity index (χ0) is 49.5. The Bertz CT molecular complexity index is 2460. The summed E-state index contributed by atoms with van der Waals surface area (Å²) in [4.78, 5) is 34.4. The molecule has 20 heteroatoms. The average Bonchev–Trinajstić information content (AvgIpc) is 3.35. The monoisotopic (exact) mass is 984 g/mol. The van der Waals surface area contributed by atoms with Crippen LogP contribution < -0.4 is 10.2 Å². The molecule has 0 unspecified atom stereocenters. The molecule has 0 amide bonds. The molecule has 4 aromatic rings. The second kappa shape index (κ2) is 28.9. The van der Waals surface area contributed by atoms with Crippen LogP contribution in [0.5, 0.6) is 11.5 Å². The molecule has 69 heavy (non-hydrogen) atoms. The van der Waals surface area contributed by atoms with Gasteiger partial charge in [-0.2, -0.15) is 21.6 Å². The van der Waals surface area contributed by atoms with Crippen molar-refractivity contribution in [3.05, 3.63) is 148 Å². The van der Waals surface area contributed by atoms with Gasteiger partial charge in [0.15, 0.2) is 12.0 Å². The first-order chi connectivity index (χ1) is 32.6. The van der Waals surface area contributed by atoms with Crippen LogP contribution in [0.3, 0.4) is 0 Å². The molecule has 0 aromatic heterocycles. The molecule has 0 atom stereocenters. The lowest BCUT2D eigenvalue weighted by atomic mass is 9.81. The Balaban J connectivity index is 0.000000252. The second-order valence-electron chi connectivity index (χ2n) is 14.4. The van der Waals surface area contributed by atoms with Gasteiger partial charge in [-0.15, -0.1) is 0 Å². The van der Waals surface area contributed by atoms with E-state index in [1.54, 1.807) is 36.4 Å². The van der Waals surface area contributed by atoms with Crippen LogP contribution in [-0.2, 0) is 47.6 Å². The number of halogens is 3. The third kappa shape index (κ3) is 17.6. The van der Waals surface area contributed by atoms with Gasteiger partial charge in [0.2, 0.25) is 0 Å². The topological polar surface area (TPSA) is 211 Å². The summed E-state index contributed by atoms with van der Waals surface area (Å²) in [7, 11) is -7.17. The molecule has 3 aliphatic rings. The summed E-state index contributed by atoms with van der Waals surface area (Å²) >= 11 is 0. The van der Waals surface area contributed by atoms with E-state index in [-0.39, 0.29) is 49.9 Å². The Hall–Kier alpha value is -6.29. The summed E-state index contributed by atoms with van der Waals surface area (Å²) in [6.45, 7) is 5.93. The van der Waals surface area contributed by atoms with Gasteiger partial charge in [0, 0.05) is 18.4 Å². The highest BCUT2D eigenvalue weighted by atomic mass is 32.2. The number of alkyl halides is 3. The number of esters is 2. The van der Waals surface area contributed by atoms with Crippen molar-refractivity contribution in [3.63, 3.8) is 0 Å². The molecule has 3 aliphatic heterocycles. The van der Waals surface area contributed by atoms with E-state index in [2.05, 4.69) is 21.1 Å². The number of benzene rings is 4. The molecule has 15 nitrogen and oxygen atoms in total. The highest BCUT2D eigenvalue weighted by molar-refractivity contribution is 7.87. The van der Waals surface area contributed by atoms with Crippen LogP contribution in [0.4, 0.5) is 13.2 Å². The second-order valence-corrected chi connectivity index (χ2v) is 15.9. The number of phenolic OH excluding ortho intramolecular Hbond substituents is 1. The van der Waals surface area contributed by atoms with Gasteiger partial charge in [-0.05, 0) is 65.7 Å².